The molecular formula is C17H12F3N3O. The van der Waals surface area contributed by atoms with Gasteiger partial charge in [-0.3, -0.25) is 9.36 Å². The highest BCUT2D eigenvalue weighted by Crippen LogP contribution is 2.32. The molecule has 1 aliphatic rings. The van der Waals surface area contributed by atoms with Crippen molar-refractivity contribution >= 4 is 16.9 Å². The second kappa shape index (κ2) is 5.09. The van der Waals surface area contributed by atoms with Crippen molar-refractivity contribution in [2.45, 2.75) is 12.2 Å². The lowest BCUT2D eigenvalue weighted by Gasteiger charge is -2.14. The van der Waals surface area contributed by atoms with Crippen molar-refractivity contribution in [2.24, 2.45) is 0 Å². The Morgan fingerprint density at radius 3 is 2.58 bits per heavy atom. The molecule has 0 radical (unpaired) electrons. The van der Waals surface area contributed by atoms with Gasteiger partial charge >= 0.3 is 6.18 Å². The molecule has 1 aliphatic heterocycles. The van der Waals surface area contributed by atoms with Gasteiger partial charge in [0.15, 0.2) is 0 Å². The molecule has 0 aliphatic carbocycles. The summed E-state index contributed by atoms with van der Waals surface area (Å²) in [5.74, 6) is 0.292. The molecule has 4 rings (SSSR count). The normalized spacial score (nSPS) is 16.9. The maximum absolute atomic E-state index is 12.8. The summed E-state index contributed by atoms with van der Waals surface area (Å²) in [6, 6.07) is 12.2. The molecule has 0 fully saturated rings. The van der Waals surface area contributed by atoms with Crippen molar-refractivity contribution in [1.29, 1.82) is 0 Å². The van der Waals surface area contributed by atoms with Crippen LogP contribution >= 0.6 is 0 Å². The van der Waals surface area contributed by atoms with E-state index < -0.39 is 11.7 Å². The van der Waals surface area contributed by atoms with E-state index in [2.05, 4.69) is 10.3 Å². The summed E-state index contributed by atoms with van der Waals surface area (Å²) in [7, 11) is 0. The smallest absolute Gasteiger partial charge is 0.353 e. The second-order valence-corrected chi connectivity index (χ2v) is 5.65. The predicted octanol–water partition coefficient (Wildman–Crippen LogP) is 3.43. The van der Waals surface area contributed by atoms with Crippen LogP contribution in [0.3, 0.4) is 0 Å². The summed E-state index contributed by atoms with van der Waals surface area (Å²) in [4.78, 5) is 17.0. The molecule has 0 bridgehead atoms. The van der Waals surface area contributed by atoms with Gasteiger partial charge in [0, 0.05) is 6.54 Å². The molecular weight excluding hydrogens is 319 g/mol. The SMILES string of the molecule is O=c1c2ccc(C(F)(F)F)cc2nc2n1[C@H](c1ccccc1)CN2. The van der Waals surface area contributed by atoms with Crippen LogP contribution in [-0.2, 0) is 6.18 Å². The number of nitrogens with zero attached hydrogens (tertiary/aromatic N) is 2. The number of hydrogen-bond donors (Lipinski definition) is 1. The van der Waals surface area contributed by atoms with Crippen molar-refractivity contribution in [2.75, 3.05) is 11.9 Å². The minimum atomic E-state index is -4.47. The zero-order chi connectivity index (χ0) is 16.9. The Labute approximate surface area is 134 Å². The fourth-order valence-electron chi connectivity index (χ4n) is 3.01. The van der Waals surface area contributed by atoms with E-state index in [0.717, 1.165) is 17.7 Å². The lowest BCUT2D eigenvalue weighted by Crippen LogP contribution is -2.24. The summed E-state index contributed by atoms with van der Waals surface area (Å²) in [5.41, 5.74) is -0.173. The lowest BCUT2D eigenvalue weighted by molar-refractivity contribution is -0.137. The molecule has 0 unspecified atom stereocenters. The fourth-order valence-corrected chi connectivity index (χ4v) is 3.01. The number of alkyl halides is 3. The second-order valence-electron chi connectivity index (χ2n) is 5.65. The zero-order valence-electron chi connectivity index (χ0n) is 12.3. The van der Waals surface area contributed by atoms with Crippen LogP contribution in [0.5, 0.6) is 0 Å². The van der Waals surface area contributed by atoms with Gasteiger partial charge < -0.3 is 5.32 Å². The van der Waals surface area contributed by atoms with Gasteiger partial charge in [0.2, 0.25) is 5.95 Å². The van der Waals surface area contributed by atoms with Crippen molar-refractivity contribution in [3.8, 4) is 0 Å². The molecule has 4 nitrogen and oxygen atoms in total. The summed E-state index contributed by atoms with van der Waals surface area (Å²) >= 11 is 0. The third-order valence-electron chi connectivity index (χ3n) is 4.18. The van der Waals surface area contributed by atoms with Crippen LogP contribution < -0.4 is 10.9 Å². The van der Waals surface area contributed by atoms with Crippen LogP contribution in [0.2, 0.25) is 0 Å². The molecule has 0 saturated heterocycles. The minimum absolute atomic E-state index is 0.0438. The Morgan fingerprint density at radius 2 is 1.88 bits per heavy atom. The Bertz CT molecular complexity index is 980. The van der Waals surface area contributed by atoms with E-state index in [1.165, 1.54) is 10.6 Å². The molecule has 1 aromatic heterocycles. The van der Waals surface area contributed by atoms with Crippen LogP contribution in [0.4, 0.5) is 19.1 Å². The largest absolute Gasteiger partial charge is 0.416 e. The standard InChI is InChI=1S/C17H12F3N3O/c18-17(19,20)11-6-7-12-13(8-11)22-16-21-9-14(23(16)15(12)24)10-4-2-1-3-5-10/h1-8,14H,9H2,(H,21,22)/t14-/m0/s1. The molecule has 3 aromatic rings. The molecule has 2 aromatic carbocycles. The average molecular weight is 331 g/mol. The first-order chi connectivity index (χ1) is 11.4. The van der Waals surface area contributed by atoms with E-state index >= 15 is 0 Å². The molecule has 0 amide bonds. The van der Waals surface area contributed by atoms with E-state index in [0.29, 0.717) is 12.5 Å². The first-order valence-electron chi connectivity index (χ1n) is 7.37. The van der Waals surface area contributed by atoms with Crippen LogP contribution in [0.25, 0.3) is 10.9 Å². The zero-order valence-corrected chi connectivity index (χ0v) is 12.3. The molecule has 122 valence electrons. The van der Waals surface area contributed by atoms with E-state index in [1.54, 1.807) is 0 Å². The molecule has 7 heteroatoms. The van der Waals surface area contributed by atoms with Gasteiger partial charge in [0.05, 0.1) is 22.5 Å². The molecule has 1 atom stereocenters. The molecule has 0 spiro atoms. The number of halogens is 3. The van der Waals surface area contributed by atoms with Gasteiger partial charge in [0.25, 0.3) is 5.56 Å². The highest BCUT2D eigenvalue weighted by atomic mass is 19.4. The summed E-state index contributed by atoms with van der Waals surface area (Å²) in [5, 5.41) is 3.19. The van der Waals surface area contributed by atoms with Crippen LogP contribution in [0.1, 0.15) is 17.2 Å². The van der Waals surface area contributed by atoms with E-state index in [-0.39, 0.29) is 22.5 Å². The fraction of sp³-hybridized carbons (Fsp3) is 0.176. The highest BCUT2D eigenvalue weighted by Gasteiger charge is 2.32. The van der Waals surface area contributed by atoms with Crippen molar-refractivity contribution < 1.29 is 13.2 Å². The molecule has 0 saturated carbocycles. The average Bonchev–Trinajstić information content (AvgIpc) is 2.98. The number of rotatable bonds is 1. The lowest BCUT2D eigenvalue weighted by atomic mass is 10.1. The summed E-state index contributed by atoms with van der Waals surface area (Å²) in [6.45, 7) is 0.467. The maximum atomic E-state index is 12.8. The number of benzene rings is 2. The number of anilines is 1. The summed E-state index contributed by atoms with van der Waals surface area (Å²) in [6.07, 6.45) is -4.47. The van der Waals surface area contributed by atoms with Gasteiger partial charge in [0.1, 0.15) is 0 Å². The first kappa shape index (κ1) is 14.7. The van der Waals surface area contributed by atoms with E-state index in [4.69, 9.17) is 0 Å². The Hall–Kier alpha value is -2.83. The molecule has 2 heterocycles. The van der Waals surface area contributed by atoms with E-state index in [1.807, 2.05) is 30.3 Å². The van der Waals surface area contributed by atoms with Gasteiger partial charge in [-0.05, 0) is 23.8 Å². The van der Waals surface area contributed by atoms with Crippen LogP contribution in [-0.4, -0.2) is 16.1 Å². The van der Waals surface area contributed by atoms with Gasteiger partial charge in [-0.25, -0.2) is 4.98 Å². The van der Waals surface area contributed by atoms with Crippen LogP contribution in [0, 0.1) is 0 Å². The molecule has 24 heavy (non-hydrogen) atoms. The van der Waals surface area contributed by atoms with Crippen LogP contribution in [0.15, 0.2) is 53.3 Å². The predicted molar refractivity (Wildman–Crippen MR) is 84.1 cm³/mol. The third-order valence-corrected chi connectivity index (χ3v) is 4.18. The van der Waals surface area contributed by atoms with Gasteiger partial charge in [-0.1, -0.05) is 30.3 Å². The highest BCUT2D eigenvalue weighted by molar-refractivity contribution is 5.80. The number of fused-ring (bicyclic) bond motifs is 2. The van der Waals surface area contributed by atoms with Gasteiger partial charge in [-0.2, -0.15) is 13.2 Å². The minimum Gasteiger partial charge on any atom is -0.353 e. The van der Waals surface area contributed by atoms with E-state index in [9.17, 15) is 18.0 Å². The van der Waals surface area contributed by atoms with Crippen molar-refractivity contribution in [3.05, 3.63) is 70.0 Å². The summed E-state index contributed by atoms with van der Waals surface area (Å²) < 4.78 is 40.0. The van der Waals surface area contributed by atoms with Gasteiger partial charge in [-0.15, -0.1) is 0 Å². The third kappa shape index (κ3) is 2.24. The van der Waals surface area contributed by atoms with Crippen molar-refractivity contribution in [1.82, 2.24) is 9.55 Å². The Morgan fingerprint density at radius 1 is 1.12 bits per heavy atom. The Balaban J connectivity index is 1.91. The Kier molecular flexibility index (Phi) is 3.13. The van der Waals surface area contributed by atoms with Crippen molar-refractivity contribution in [3.63, 3.8) is 0 Å². The topological polar surface area (TPSA) is 46.9 Å². The number of hydrogen-bond acceptors (Lipinski definition) is 3. The monoisotopic (exact) mass is 331 g/mol. The number of nitrogens with one attached hydrogen (secondary N) is 1. The maximum Gasteiger partial charge on any atom is 0.416 e. The molecule has 1 N–H and O–H groups in total. The number of aromatic nitrogens is 2. The first-order valence-corrected chi connectivity index (χ1v) is 7.37. The quantitative estimate of drug-likeness (QED) is 0.743.